The minimum absolute atomic E-state index is 0.131. The number of fused-ring (bicyclic) bond motifs is 1. The van der Waals surface area contributed by atoms with Crippen LogP contribution in [-0.4, -0.2) is 43.5 Å². The van der Waals surface area contributed by atoms with Crippen LogP contribution >= 0.6 is 0 Å². The fourth-order valence-corrected chi connectivity index (χ4v) is 2.17. The van der Waals surface area contributed by atoms with Crippen molar-refractivity contribution in [1.82, 2.24) is 0 Å². The molecule has 0 N–H and O–H groups in total. The van der Waals surface area contributed by atoms with Gasteiger partial charge in [-0.15, -0.1) is 6.42 Å². The summed E-state index contributed by atoms with van der Waals surface area (Å²) < 4.78 is 22.4. The van der Waals surface area contributed by atoms with Crippen molar-refractivity contribution in [2.75, 3.05) is 13.2 Å². The predicted molar refractivity (Wildman–Crippen MR) is 61.3 cm³/mol. The van der Waals surface area contributed by atoms with Crippen molar-refractivity contribution in [2.45, 2.75) is 44.2 Å². The van der Waals surface area contributed by atoms with Crippen LogP contribution in [0.5, 0.6) is 0 Å². The summed E-state index contributed by atoms with van der Waals surface area (Å²) in [6.45, 7) is 3.93. The van der Waals surface area contributed by atoms with E-state index in [4.69, 9.17) is 30.9 Å². The minimum atomic E-state index is -0.703. The van der Waals surface area contributed by atoms with Gasteiger partial charge < -0.3 is 18.9 Å². The average Bonchev–Trinajstić information content (AvgIpc) is 2.78. The minimum Gasteiger partial charge on any atom is -0.344 e. The second kappa shape index (κ2) is 5.14. The quantitative estimate of drug-likeness (QED) is 0.326. The Morgan fingerprint density at radius 1 is 1.44 bits per heavy atom. The molecule has 0 saturated carbocycles. The molecule has 0 radical (unpaired) electrons. The highest BCUT2D eigenvalue weighted by Crippen LogP contribution is 2.39. The van der Waals surface area contributed by atoms with Crippen LogP contribution in [0.25, 0.3) is 10.4 Å². The second-order valence-corrected chi connectivity index (χ2v) is 4.54. The third-order valence-electron chi connectivity index (χ3n) is 2.76. The zero-order valence-corrected chi connectivity index (χ0v) is 10.3. The van der Waals surface area contributed by atoms with E-state index in [9.17, 15) is 0 Å². The number of hydrogen-bond donors (Lipinski definition) is 0. The van der Waals surface area contributed by atoms with Crippen LogP contribution in [-0.2, 0) is 18.9 Å². The Labute approximate surface area is 105 Å². The fourth-order valence-electron chi connectivity index (χ4n) is 2.17. The van der Waals surface area contributed by atoms with Crippen LogP contribution in [0.2, 0.25) is 0 Å². The van der Waals surface area contributed by atoms with E-state index in [-0.39, 0.29) is 31.5 Å². The third-order valence-corrected chi connectivity index (χ3v) is 2.76. The lowest BCUT2D eigenvalue weighted by atomic mass is 10.1. The van der Waals surface area contributed by atoms with Gasteiger partial charge in [-0.3, -0.25) is 0 Å². The molecule has 0 aliphatic carbocycles. The van der Waals surface area contributed by atoms with Crippen molar-refractivity contribution in [3.05, 3.63) is 10.4 Å². The molecule has 2 rings (SSSR count). The molecular formula is C11H15N3O4. The molecule has 0 spiro atoms. The van der Waals surface area contributed by atoms with Crippen LogP contribution in [0, 0.1) is 12.3 Å². The second-order valence-electron chi connectivity index (χ2n) is 4.54. The van der Waals surface area contributed by atoms with E-state index in [1.54, 1.807) is 0 Å². The van der Waals surface area contributed by atoms with Crippen molar-refractivity contribution in [2.24, 2.45) is 5.11 Å². The van der Waals surface area contributed by atoms with Gasteiger partial charge in [0.25, 0.3) is 0 Å². The number of ether oxygens (including phenoxy) is 4. The van der Waals surface area contributed by atoms with E-state index in [0.29, 0.717) is 0 Å². The van der Waals surface area contributed by atoms with Crippen LogP contribution in [0.1, 0.15) is 13.8 Å². The average molecular weight is 253 g/mol. The monoisotopic (exact) mass is 253 g/mol. The van der Waals surface area contributed by atoms with E-state index in [2.05, 4.69) is 15.9 Å². The van der Waals surface area contributed by atoms with Gasteiger partial charge in [0.1, 0.15) is 18.8 Å². The highest BCUT2D eigenvalue weighted by Gasteiger charge is 2.55. The zero-order chi connectivity index (χ0) is 13.2. The number of rotatable bonds is 4. The molecule has 0 bridgehead atoms. The van der Waals surface area contributed by atoms with E-state index in [1.165, 1.54) is 0 Å². The van der Waals surface area contributed by atoms with Crippen molar-refractivity contribution in [1.29, 1.82) is 0 Å². The van der Waals surface area contributed by atoms with Gasteiger partial charge in [-0.05, 0) is 19.4 Å². The van der Waals surface area contributed by atoms with Gasteiger partial charge in [-0.25, -0.2) is 0 Å². The summed E-state index contributed by atoms with van der Waals surface area (Å²) in [5.41, 5.74) is 8.35. The lowest BCUT2D eigenvalue weighted by Crippen LogP contribution is -2.31. The lowest BCUT2D eigenvalue weighted by molar-refractivity contribution is -0.229. The van der Waals surface area contributed by atoms with Crippen LogP contribution in [0.15, 0.2) is 5.11 Å². The first-order valence-corrected chi connectivity index (χ1v) is 5.64. The first kappa shape index (κ1) is 13.1. The summed E-state index contributed by atoms with van der Waals surface area (Å²) in [5.74, 6) is 1.67. The zero-order valence-electron chi connectivity index (χ0n) is 10.3. The fraction of sp³-hybridized carbons (Fsp3) is 0.818. The summed E-state index contributed by atoms with van der Waals surface area (Å²) >= 11 is 0. The highest BCUT2D eigenvalue weighted by atomic mass is 16.8. The highest BCUT2D eigenvalue weighted by molar-refractivity contribution is 4.96. The van der Waals surface area contributed by atoms with E-state index in [1.807, 2.05) is 13.8 Å². The van der Waals surface area contributed by atoms with Crippen molar-refractivity contribution in [3.63, 3.8) is 0 Å². The maximum Gasteiger partial charge on any atom is 0.188 e. The molecule has 7 heteroatoms. The molecule has 98 valence electrons. The molecule has 0 amide bonds. The van der Waals surface area contributed by atoms with Crippen molar-refractivity contribution in [3.8, 4) is 12.3 Å². The predicted octanol–water partition coefficient (Wildman–Crippen LogP) is 1.19. The third kappa shape index (κ3) is 2.58. The normalized spacial score (nSPS) is 36.7. The molecule has 0 aromatic heterocycles. The van der Waals surface area contributed by atoms with Crippen molar-refractivity contribution < 1.29 is 18.9 Å². The Morgan fingerprint density at radius 3 is 2.83 bits per heavy atom. The largest absolute Gasteiger partial charge is 0.344 e. The van der Waals surface area contributed by atoms with Gasteiger partial charge in [-0.2, -0.15) is 0 Å². The molecular weight excluding hydrogens is 238 g/mol. The molecule has 7 nitrogen and oxygen atoms in total. The Balaban J connectivity index is 2.07. The van der Waals surface area contributed by atoms with Gasteiger partial charge >= 0.3 is 0 Å². The summed E-state index contributed by atoms with van der Waals surface area (Å²) in [4.78, 5) is 2.71. The maximum absolute atomic E-state index is 8.35. The summed E-state index contributed by atoms with van der Waals surface area (Å²) in [6, 6.07) is 0. The topological polar surface area (TPSA) is 85.7 Å². The standard InChI is InChI=1S/C11H15N3O4/c1-4-5-15-10-9-8(17-11(2,3)18-9)7(16-10)6-13-14-12/h1,7-10H,5-6H2,2-3H3/t7-,8-,9-,10-/m1/s1. The summed E-state index contributed by atoms with van der Waals surface area (Å²) in [6.07, 6.45) is 3.51. The van der Waals surface area contributed by atoms with E-state index >= 15 is 0 Å². The molecule has 2 aliphatic heterocycles. The summed E-state index contributed by atoms with van der Waals surface area (Å²) in [7, 11) is 0. The number of nitrogens with zero attached hydrogens (tertiary/aromatic N) is 3. The number of azide groups is 1. The van der Waals surface area contributed by atoms with Gasteiger partial charge in [0.05, 0.1) is 12.6 Å². The lowest BCUT2D eigenvalue weighted by Gasteiger charge is -2.23. The smallest absolute Gasteiger partial charge is 0.188 e. The van der Waals surface area contributed by atoms with Crippen LogP contribution < -0.4 is 0 Å². The maximum atomic E-state index is 8.35. The van der Waals surface area contributed by atoms with E-state index < -0.39 is 12.1 Å². The molecule has 0 aromatic carbocycles. The van der Waals surface area contributed by atoms with Gasteiger partial charge in [0.2, 0.25) is 0 Å². The molecule has 2 aliphatic rings. The Bertz CT molecular complexity index is 400. The molecule has 2 fully saturated rings. The van der Waals surface area contributed by atoms with Gasteiger partial charge in [0, 0.05) is 4.91 Å². The van der Waals surface area contributed by atoms with Gasteiger partial charge in [0.15, 0.2) is 12.1 Å². The first-order chi connectivity index (χ1) is 8.57. The van der Waals surface area contributed by atoms with Gasteiger partial charge in [-0.1, -0.05) is 11.0 Å². The van der Waals surface area contributed by atoms with Crippen LogP contribution in [0.3, 0.4) is 0 Å². The Morgan fingerprint density at radius 2 is 2.17 bits per heavy atom. The Hall–Kier alpha value is -1.29. The molecule has 2 heterocycles. The number of terminal acetylenes is 1. The molecule has 4 atom stereocenters. The molecule has 0 unspecified atom stereocenters. The number of hydrogen-bond acceptors (Lipinski definition) is 5. The molecule has 2 saturated heterocycles. The first-order valence-electron chi connectivity index (χ1n) is 5.64. The van der Waals surface area contributed by atoms with E-state index in [0.717, 1.165) is 0 Å². The SMILES string of the molecule is C#CCO[C@@H]1O[C@H](CN=[N+]=[N-])[C@H]2OC(C)(C)O[C@@H]12. The molecule has 0 aromatic rings. The Kier molecular flexibility index (Phi) is 3.76. The molecule has 18 heavy (non-hydrogen) atoms. The van der Waals surface area contributed by atoms with Crippen molar-refractivity contribution >= 4 is 0 Å². The summed E-state index contributed by atoms with van der Waals surface area (Å²) in [5, 5.41) is 3.50. The van der Waals surface area contributed by atoms with Crippen LogP contribution in [0.4, 0.5) is 0 Å².